The number of nitrogens with two attached hydrogens (primary N) is 1. The number of likely N-dealkylation sites (tertiary alicyclic amines) is 1. The largest absolute Gasteiger partial charge is 0.399 e. The van der Waals surface area contributed by atoms with Gasteiger partial charge in [-0.3, -0.25) is 24.6 Å². The van der Waals surface area contributed by atoms with Gasteiger partial charge in [0.05, 0.1) is 0 Å². The summed E-state index contributed by atoms with van der Waals surface area (Å²) < 4.78 is 15.1. The number of rotatable bonds is 4. The molecule has 3 amide bonds. The Hall–Kier alpha value is -3.26. The zero-order valence-electron chi connectivity index (χ0n) is 18.4. The van der Waals surface area contributed by atoms with E-state index in [1.165, 1.54) is 16.5 Å². The zero-order chi connectivity index (χ0) is 23.1. The molecule has 1 unspecified atom stereocenters. The number of amides is 3. The summed E-state index contributed by atoms with van der Waals surface area (Å²) in [6.45, 7) is 2.85. The average Bonchev–Trinajstić information content (AvgIpc) is 3.11. The number of hydrogen-bond donors (Lipinski definition) is 2. The summed E-state index contributed by atoms with van der Waals surface area (Å²) in [4.78, 5) is 40.4. The van der Waals surface area contributed by atoms with Crippen LogP contribution < -0.4 is 11.1 Å². The third-order valence-corrected chi connectivity index (χ3v) is 7.05. The van der Waals surface area contributed by atoms with Gasteiger partial charge >= 0.3 is 0 Å². The van der Waals surface area contributed by atoms with Gasteiger partial charge in [0.1, 0.15) is 11.9 Å². The Morgan fingerprint density at radius 2 is 1.76 bits per heavy atom. The molecule has 2 fully saturated rings. The van der Waals surface area contributed by atoms with Crippen molar-refractivity contribution in [3.63, 3.8) is 0 Å². The highest BCUT2D eigenvalue weighted by molar-refractivity contribution is 6.05. The molecule has 2 aromatic carbocycles. The van der Waals surface area contributed by atoms with Gasteiger partial charge in [-0.25, -0.2) is 4.39 Å². The summed E-state index contributed by atoms with van der Waals surface area (Å²) in [5, 5.41) is 2.30. The van der Waals surface area contributed by atoms with Gasteiger partial charge in [0.15, 0.2) is 0 Å². The van der Waals surface area contributed by atoms with Crippen molar-refractivity contribution in [3.8, 4) is 0 Å². The number of hydrogen-bond acceptors (Lipinski definition) is 5. The van der Waals surface area contributed by atoms with Crippen molar-refractivity contribution in [2.75, 3.05) is 18.8 Å². The summed E-state index contributed by atoms with van der Waals surface area (Å²) in [5.74, 6) is -1.39. The van der Waals surface area contributed by atoms with Crippen LogP contribution in [0.25, 0.3) is 0 Å². The van der Waals surface area contributed by atoms with Crippen LogP contribution in [0.5, 0.6) is 0 Å². The van der Waals surface area contributed by atoms with E-state index in [1.54, 1.807) is 0 Å². The second-order valence-electron chi connectivity index (χ2n) is 9.22. The van der Waals surface area contributed by atoms with E-state index in [0.717, 1.165) is 43.7 Å². The Kier molecular flexibility index (Phi) is 5.62. The molecule has 0 aromatic heterocycles. The maximum Gasteiger partial charge on any atom is 0.255 e. The van der Waals surface area contributed by atoms with Crippen molar-refractivity contribution >= 4 is 23.4 Å². The van der Waals surface area contributed by atoms with E-state index in [1.807, 2.05) is 30.3 Å². The van der Waals surface area contributed by atoms with Crippen molar-refractivity contribution in [2.24, 2.45) is 0 Å². The fraction of sp³-hybridized carbons (Fsp3) is 0.400. The lowest BCUT2D eigenvalue weighted by Gasteiger charge is -2.32. The molecule has 0 aliphatic carbocycles. The van der Waals surface area contributed by atoms with Crippen molar-refractivity contribution in [1.29, 1.82) is 0 Å². The summed E-state index contributed by atoms with van der Waals surface area (Å²) in [6, 6.07) is 10.3. The highest BCUT2D eigenvalue weighted by Crippen LogP contribution is 2.35. The molecular formula is C25H27FN4O3. The van der Waals surface area contributed by atoms with Gasteiger partial charge in [0.2, 0.25) is 11.8 Å². The Morgan fingerprint density at radius 1 is 1.03 bits per heavy atom. The lowest BCUT2D eigenvalue weighted by molar-refractivity contribution is -0.136. The maximum absolute atomic E-state index is 15.1. The average molecular weight is 451 g/mol. The first-order chi connectivity index (χ1) is 15.9. The first kappa shape index (κ1) is 21.6. The molecule has 2 aromatic rings. The maximum atomic E-state index is 15.1. The number of carbonyl (C=O) groups excluding carboxylic acids is 3. The standard InChI is InChI=1S/C25H27FN4O3/c26-21-12-20-17(14-30(25(20)33)22-5-6-23(31)28-24(22)32)11-19(21)16-7-9-29(10-8-16)13-15-1-3-18(27)4-2-15/h1-4,11-12,16,22H,5-10,13-14,27H2,(H,28,31,32). The Labute approximate surface area is 191 Å². The summed E-state index contributed by atoms with van der Waals surface area (Å²) in [7, 11) is 0. The predicted molar refractivity (Wildman–Crippen MR) is 121 cm³/mol. The third-order valence-electron chi connectivity index (χ3n) is 7.05. The van der Waals surface area contributed by atoms with Crippen molar-refractivity contribution < 1.29 is 18.8 Å². The van der Waals surface area contributed by atoms with Crippen molar-refractivity contribution in [2.45, 2.75) is 50.7 Å². The second-order valence-corrected chi connectivity index (χ2v) is 9.22. The molecule has 0 radical (unpaired) electrons. The molecule has 172 valence electrons. The van der Waals surface area contributed by atoms with Gasteiger partial charge in [0.25, 0.3) is 5.91 Å². The molecule has 3 heterocycles. The van der Waals surface area contributed by atoms with Crippen molar-refractivity contribution in [3.05, 3.63) is 64.5 Å². The summed E-state index contributed by atoms with van der Waals surface area (Å²) >= 11 is 0. The Morgan fingerprint density at radius 3 is 2.45 bits per heavy atom. The van der Waals surface area contributed by atoms with E-state index < -0.39 is 11.9 Å². The molecule has 3 N–H and O–H groups in total. The molecule has 7 nitrogen and oxygen atoms in total. The molecule has 0 saturated carbocycles. The smallest absolute Gasteiger partial charge is 0.255 e. The number of fused-ring (bicyclic) bond motifs is 1. The van der Waals surface area contributed by atoms with Crippen molar-refractivity contribution in [1.82, 2.24) is 15.1 Å². The highest BCUT2D eigenvalue weighted by atomic mass is 19.1. The number of nitrogens with one attached hydrogen (secondary N) is 1. The third kappa shape index (κ3) is 4.23. The number of nitrogens with zero attached hydrogens (tertiary/aromatic N) is 2. The monoisotopic (exact) mass is 450 g/mol. The van der Waals surface area contributed by atoms with Crippen LogP contribution in [0.4, 0.5) is 10.1 Å². The van der Waals surface area contributed by atoms with Gasteiger partial charge in [-0.15, -0.1) is 0 Å². The lowest BCUT2D eigenvalue weighted by atomic mass is 9.87. The topological polar surface area (TPSA) is 95.7 Å². The number of benzene rings is 2. The fourth-order valence-electron chi connectivity index (χ4n) is 5.20. The number of imide groups is 1. The lowest BCUT2D eigenvalue weighted by Crippen LogP contribution is -2.52. The number of nitrogen functional groups attached to an aromatic ring is 1. The molecule has 8 heteroatoms. The number of halogens is 1. The number of anilines is 1. The molecule has 0 bridgehead atoms. The molecule has 2 saturated heterocycles. The summed E-state index contributed by atoms with van der Waals surface area (Å²) in [6.07, 6.45) is 2.18. The number of piperidine rings is 2. The van der Waals surface area contributed by atoms with E-state index in [0.29, 0.717) is 17.5 Å². The minimum absolute atomic E-state index is 0.0951. The van der Waals surface area contributed by atoms with Crippen LogP contribution in [0.3, 0.4) is 0 Å². The van der Waals surface area contributed by atoms with E-state index in [-0.39, 0.29) is 36.5 Å². The molecule has 33 heavy (non-hydrogen) atoms. The second kappa shape index (κ2) is 8.59. The number of carbonyl (C=O) groups is 3. The highest BCUT2D eigenvalue weighted by Gasteiger charge is 2.40. The van der Waals surface area contributed by atoms with Crippen LogP contribution >= 0.6 is 0 Å². The van der Waals surface area contributed by atoms with Gasteiger partial charge in [0, 0.05) is 30.8 Å². The minimum Gasteiger partial charge on any atom is -0.399 e. The summed E-state index contributed by atoms with van der Waals surface area (Å²) in [5.41, 5.74) is 9.44. The van der Waals surface area contributed by atoms with E-state index in [2.05, 4.69) is 10.2 Å². The minimum atomic E-state index is -0.689. The van der Waals surface area contributed by atoms with Crippen LogP contribution in [0.1, 0.15) is 58.6 Å². The molecule has 3 aliphatic heterocycles. The van der Waals surface area contributed by atoms with Crippen LogP contribution in [-0.4, -0.2) is 46.7 Å². The first-order valence-electron chi connectivity index (χ1n) is 11.4. The quantitative estimate of drug-likeness (QED) is 0.551. The Bertz CT molecular complexity index is 1110. The van der Waals surface area contributed by atoms with E-state index in [4.69, 9.17) is 5.73 Å². The molecule has 0 spiro atoms. The van der Waals surface area contributed by atoms with Gasteiger partial charge in [-0.1, -0.05) is 18.2 Å². The van der Waals surface area contributed by atoms with Crippen LogP contribution in [0.2, 0.25) is 0 Å². The van der Waals surface area contributed by atoms with Crippen LogP contribution in [0.15, 0.2) is 36.4 Å². The van der Waals surface area contributed by atoms with Crippen LogP contribution in [0, 0.1) is 5.82 Å². The molecule has 5 rings (SSSR count). The molecular weight excluding hydrogens is 423 g/mol. The Balaban J connectivity index is 1.26. The molecule has 3 aliphatic rings. The molecule has 1 atom stereocenters. The fourth-order valence-corrected chi connectivity index (χ4v) is 5.20. The van der Waals surface area contributed by atoms with Gasteiger partial charge in [-0.05, 0) is 73.2 Å². The first-order valence-corrected chi connectivity index (χ1v) is 11.4. The van der Waals surface area contributed by atoms with Crippen LogP contribution in [-0.2, 0) is 22.7 Å². The normalized spacial score (nSPS) is 21.9. The predicted octanol–water partition coefficient (Wildman–Crippen LogP) is 2.55. The van der Waals surface area contributed by atoms with E-state index in [9.17, 15) is 14.4 Å². The zero-order valence-corrected chi connectivity index (χ0v) is 18.4. The van der Waals surface area contributed by atoms with Gasteiger partial charge in [-0.2, -0.15) is 0 Å². The SMILES string of the molecule is Nc1ccc(CN2CCC(c3cc4c(cc3F)C(=O)N(C3CCC(=O)NC3=O)C4)CC2)cc1. The van der Waals surface area contributed by atoms with E-state index >= 15 is 4.39 Å². The van der Waals surface area contributed by atoms with Gasteiger partial charge < -0.3 is 10.6 Å².